The number of aromatic nitrogens is 1. The van der Waals surface area contributed by atoms with Crippen LogP contribution in [0.1, 0.15) is 6.42 Å². The zero-order chi connectivity index (χ0) is 19.0. The lowest BCUT2D eigenvalue weighted by atomic mass is 10.3. The summed E-state index contributed by atoms with van der Waals surface area (Å²) in [6.45, 7) is 1.38. The molecule has 1 heterocycles. The summed E-state index contributed by atoms with van der Waals surface area (Å²) in [4.78, 5) is 4.26. The summed E-state index contributed by atoms with van der Waals surface area (Å²) in [6.07, 6.45) is 2.31. The molecular weight excluding hydrogens is 358 g/mol. The van der Waals surface area contributed by atoms with Crippen molar-refractivity contribution in [2.24, 2.45) is 0 Å². The van der Waals surface area contributed by atoms with E-state index in [1.54, 1.807) is 25.3 Å². The Hall–Kier alpha value is -2.52. The van der Waals surface area contributed by atoms with Crippen molar-refractivity contribution in [3.05, 3.63) is 36.5 Å². The fourth-order valence-electron chi connectivity index (χ4n) is 2.19. The van der Waals surface area contributed by atoms with Crippen LogP contribution < -0.4 is 19.5 Å². The van der Waals surface area contributed by atoms with Gasteiger partial charge in [0.2, 0.25) is 0 Å². The summed E-state index contributed by atoms with van der Waals surface area (Å²) in [5.41, 5.74) is 0.363. The highest BCUT2D eigenvalue weighted by Gasteiger charge is 2.17. The molecule has 1 aromatic carbocycles. The second-order valence-corrected chi connectivity index (χ2v) is 7.01. The largest absolute Gasteiger partial charge is 0.493 e. The van der Waals surface area contributed by atoms with E-state index < -0.39 is 10.0 Å². The van der Waals surface area contributed by atoms with Crippen LogP contribution in [0.25, 0.3) is 0 Å². The molecule has 0 fully saturated rings. The first kappa shape index (κ1) is 19.8. The van der Waals surface area contributed by atoms with E-state index in [0.717, 1.165) is 13.0 Å². The molecule has 0 spiro atoms. The number of sulfonamides is 1. The fourth-order valence-corrected chi connectivity index (χ4v) is 3.25. The molecule has 8 nitrogen and oxygen atoms in total. The average molecular weight is 381 g/mol. The van der Waals surface area contributed by atoms with Crippen LogP contribution in [0.2, 0.25) is 0 Å². The second-order valence-electron chi connectivity index (χ2n) is 5.33. The van der Waals surface area contributed by atoms with Gasteiger partial charge in [0.1, 0.15) is 5.82 Å². The first-order chi connectivity index (χ1) is 12.5. The van der Waals surface area contributed by atoms with Crippen molar-refractivity contribution >= 4 is 21.5 Å². The zero-order valence-electron chi connectivity index (χ0n) is 15.0. The molecule has 0 aliphatic heterocycles. The molecule has 2 aromatic rings. The molecule has 0 saturated carbocycles. The number of hydrogen-bond acceptors (Lipinski definition) is 7. The van der Waals surface area contributed by atoms with E-state index in [1.165, 1.54) is 32.5 Å². The number of pyridine rings is 1. The maximum Gasteiger partial charge on any atom is 0.262 e. The minimum atomic E-state index is -3.77. The van der Waals surface area contributed by atoms with Crippen LogP contribution in [0.3, 0.4) is 0 Å². The molecular formula is C17H23N3O5S. The predicted molar refractivity (Wildman–Crippen MR) is 99.6 cm³/mol. The third-order valence-corrected chi connectivity index (χ3v) is 4.89. The van der Waals surface area contributed by atoms with Gasteiger partial charge in [0.15, 0.2) is 11.5 Å². The fraction of sp³-hybridized carbons (Fsp3) is 0.353. The molecule has 0 radical (unpaired) electrons. The van der Waals surface area contributed by atoms with Crippen molar-refractivity contribution in [1.29, 1.82) is 0 Å². The Kier molecular flexibility index (Phi) is 7.05. The van der Waals surface area contributed by atoms with Gasteiger partial charge in [0.05, 0.1) is 31.0 Å². The van der Waals surface area contributed by atoms with Gasteiger partial charge in [0.25, 0.3) is 10.0 Å². The molecule has 0 aliphatic carbocycles. The van der Waals surface area contributed by atoms with E-state index in [1.807, 2.05) is 0 Å². The number of hydrogen-bond donors (Lipinski definition) is 2. The molecule has 0 aliphatic rings. The Labute approximate surface area is 153 Å². The van der Waals surface area contributed by atoms with Crippen LogP contribution in [0.5, 0.6) is 11.5 Å². The highest BCUT2D eigenvalue weighted by atomic mass is 32.2. The SMILES string of the molecule is COCCCNc1ccc(NS(=O)(=O)c2ccc(OC)c(OC)c2)cn1. The van der Waals surface area contributed by atoms with Crippen molar-refractivity contribution in [1.82, 2.24) is 4.98 Å². The van der Waals surface area contributed by atoms with E-state index >= 15 is 0 Å². The quantitative estimate of drug-likeness (QED) is 0.610. The number of ether oxygens (including phenoxy) is 3. The molecule has 0 atom stereocenters. The molecule has 0 unspecified atom stereocenters. The Morgan fingerprint density at radius 1 is 1.04 bits per heavy atom. The lowest BCUT2D eigenvalue weighted by molar-refractivity contribution is 0.198. The Morgan fingerprint density at radius 2 is 1.81 bits per heavy atom. The van der Waals surface area contributed by atoms with Crippen molar-refractivity contribution in [3.63, 3.8) is 0 Å². The minimum absolute atomic E-state index is 0.0666. The number of nitrogens with zero attached hydrogens (tertiary/aromatic N) is 1. The maximum absolute atomic E-state index is 12.5. The normalized spacial score (nSPS) is 11.0. The molecule has 26 heavy (non-hydrogen) atoms. The molecule has 1 aromatic heterocycles. The summed E-state index contributed by atoms with van der Waals surface area (Å²) in [7, 11) is 0.815. The van der Waals surface area contributed by atoms with E-state index in [0.29, 0.717) is 29.6 Å². The van der Waals surface area contributed by atoms with Gasteiger partial charge in [-0.25, -0.2) is 13.4 Å². The first-order valence-corrected chi connectivity index (χ1v) is 9.42. The van der Waals surface area contributed by atoms with E-state index in [2.05, 4.69) is 15.0 Å². The maximum atomic E-state index is 12.5. The zero-order valence-corrected chi connectivity index (χ0v) is 15.8. The topological polar surface area (TPSA) is 98.8 Å². The lowest BCUT2D eigenvalue weighted by Crippen LogP contribution is -2.13. The number of benzene rings is 1. The van der Waals surface area contributed by atoms with Crippen LogP contribution in [-0.2, 0) is 14.8 Å². The van der Waals surface area contributed by atoms with Gasteiger partial charge in [-0.1, -0.05) is 0 Å². The summed E-state index contributed by atoms with van der Waals surface area (Å²) in [5.74, 6) is 1.45. The average Bonchev–Trinajstić information content (AvgIpc) is 2.65. The van der Waals surface area contributed by atoms with E-state index in [4.69, 9.17) is 14.2 Å². The molecule has 0 bridgehead atoms. The molecule has 2 rings (SSSR count). The standard InChI is InChI=1S/C17H23N3O5S/c1-23-10-4-9-18-17-8-5-13(12-19-17)20-26(21,22)14-6-7-15(24-2)16(11-14)25-3/h5-8,11-12,20H,4,9-10H2,1-3H3,(H,18,19). The number of methoxy groups -OCH3 is 3. The Bertz CT molecular complexity index is 810. The van der Waals surface area contributed by atoms with Crippen LogP contribution in [0, 0.1) is 0 Å². The van der Waals surface area contributed by atoms with Gasteiger partial charge in [0, 0.05) is 26.3 Å². The first-order valence-electron chi connectivity index (χ1n) is 7.94. The summed E-state index contributed by atoms with van der Waals surface area (Å²) in [6, 6.07) is 7.74. The van der Waals surface area contributed by atoms with Gasteiger partial charge in [-0.15, -0.1) is 0 Å². The van der Waals surface area contributed by atoms with Crippen molar-refractivity contribution < 1.29 is 22.6 Å². The Balaban J connectivity index is 2.07. The highest BCUT2D eigenvalue weighted by molar-refractivity contribution is 7.92. The molecule has 9 heteroatoms. The van der Waals surface area contributed by atoms with E-state index in [9.17, 15) is 8.42 Å². The summed E-state index contributed by atoms with van der Waals surface area (Å²) >= 11 is 0. The lowest BCUT2D eigenvalue weighted by Gasteiger charge is -2.12. The smallest absolute Gasteiger partial charge is 0.262 e. The predicted octanol–water partition coefficient (Wildman–Crippen LogP) is 2.35. The number of rotatable bonds is 10. The highest BCUT2D eigenvalue weighted by Crippen LogP contribution is 2.30. The molecule has 0 amide bonds. The third kappa shape index (κ3) is 5.24. The summed E-state index contributed by atoms with van der Waals surface area (Å²) < 4.78 is 42.8. The minimum Gasteiger partial charge on any atom is -0.493 e. The molecule has 142 valence electrons. The van der Waals surface area contributed by atoms with Crippen molar-refractivity contribution in [2.75, 3.05) is 44.5 Å². The molecule has 2 N–H and O–H groups in total. The van der Waals surface area contributed by atoms with Crippen molar-refractivity contribution in [2.45, 2.75) is 11.3 Å². The van der Waals surface area contributed by atoms with Crippen molar-refractivity contribution in [3.8, 4) is 11.5 Å². The Morgan fingerprint density at radius 3 is 2.42 bits per heavy atom. The van der Waals surface area contributed by atoms with Crippen LogP contribution in [0.4, 0.5) is 11.5 Å². The monoisotopic (exact) mass is 381 g/mol. The van der Waals surface area contributed by atoms with Gasteiger partial charge in [-0.3, -0.25) is 4.72 Å². The summed E-state index contributed by atoms with van der Waals surface area (Å²) in [5, 5.41) is 3.13. The van der Waals surface area contributed by atoms with Gasteiger partial charge in [-0.2, -0.15) is 0 Å². The van der Waals surface area contributed by atoms with Gasteiger partial charge >= 0.3 is 0 Å². The number of anilines is 2. The number of nitrogens with one attached hydrogen (secondary N) is 2. The second kappa shape index (κ2) is 9.25. The van der Waals surface area contributed by atoms with Crippen LogP contribution in [-0.4, -0.2) is 47.9 Å². The van der Waals surface area contributed by atoms with Gasteiger partial charge in [-0.05, 0) is 30.7 Å². The van der Waals surface area contributed by atoms with Crippen LogP contribution in [0.15, 0.2) is 41.4 Å². The van der Waals surface area contributed by atoms with E-state index in [-0.39, 0.29) is 4.90 Å². The van der Waals surface area contributed by atoms with Gasteiger partial charge < -0.3 is 19.5 Å². The molecule has 0 saturated heterocycles. The third-order valence-electron chi connectivity index (χ3n) is 3.51. The van der Waals surface area contributed by atoms with Crippen LogP contribution >= 0.6 is 0 Å².